The van der Waals surface area contributed by atoms with E-state index < -0.39 is 0 Å². The fourth-order valence-electron chi connectivity index (χ4n) is 3.70. The number of piperazine rings is 1. The van der Waals surface area contributed by atoms with Gasteiger partial charge in [0.15, 0.2) is 5.82 Å². The van der Waals surface area contributed by atoms with E-state index in [1.54, 1.807) is 0 Å². The molecule has 0 bridgehead atoms. The normalized spacial score (nSPS) is 15.0. The van der Waals surface area contributed by atoms with Crippen LogP contribution >= 0.6 is 11.6 Å². The molecule has 0 radical (unpaired) electrons. The number of benzene rings is 2. The molecular weight excluding hydrogens is 410 g/mol. The van der Waals surface area contributed by atoms with Crippen LogP contribution < -0.4 is 10.2 Å². The summed E-state index contributed by atoms with van der Waals surface area (Å²) in [7, 11) is 0. The molecule has 1 aromatic heterocycles. The number of aromatic nitrogens is 2. The van der Waals surface area contributed by atoms with Crippen molar-refractivity contribution in [2.45, 2.75) is 13.0 Å². The summed E-state index contributed by atoms with van der Waals surface area (Å²) in [6.07, 6.45) is 0. The minimum Gasteiger partial charge on any atom is -0.352 e. The molecule has 31 heavy (non-hydrogen) atoms. The van der Waals surface area contributed by atoms with Crippen molar-refractivity contribution in [3.05, 3.63) is 77.3 Å². The lowest BCUT2D eigenvalue weighted by Gasteiger charge is -2.35. The number of halogens is 1. The molecule has 0 saturated carbocycles. The Morgan fingerprint density at radius 2 is 1.68 bits per heavy atom. The molecule has 2 heterocycles. The molecule has 1 saturated heterocycles. The van der Waals surface area contributed by atoms with Crippen LogP contribution in [-0.4, -0.2) is 53.7 Å². The molecule has 7 heteroatoms. The van der Waals surface area contributed by atoms with Gasteiger partial charge in [-0.05, 0) is 30.7 Å². The van der Waals surface area contributed by atoms with Crippen molar-refractivity contribution in [1.29, 1.82) is 0 Å². The van der Waals surface area contributed by atoms with Crippen molar-refractivity contribution >= 4 is 23.3 Å². The van der Waals surface area contributed by atoms with Gasteiger partial charge in [-0.25, -0.2) is 0 Å². The molecule has 2 aromatic carbocycles. The van der Waals surface area contributed by atoms with Crippen LogP contribution in [0.25, 0.3) is 11.3 Å². The molecule has 1 amide bonds. The summed E-state index contributed by atoms with van der Waals surface area (Å²) in [6.45, 7) is 5.23. The molecule has 3 aromatic rings. The van der Waals surface area contributed by atoms with Gasteiger partial charge in [0.1, 0.15) is 0 Å². The Morgan fingerprint density at radius 3 is 2.35 bits per heavy atom. The number of amides is 1. The summed E-state index contributed by atoms with van der Waals surface area (Å²) in [5.74, 6) is 0.946. The fourth-order valence-corrected chi connectivity index (χ4v) is 3.94. The third kappa shape index (κ3) is 5.21. The number of hydrogen-bond acceptors (Lipinski definition) is 5. The van der Waals surface area contributed by atoms with E-state index in [-0.39, 0.29) is 11.9 Å². The zero-order valence-electron chi connectivity index (χ0n) is 17.5. The third-order valence-electron chi connectivity index (χ3n) is 5.62. The van der Waals surface area contributed by atoms with E-state index in [4.69, 9.17) is 11.6 Å². The lowest BCUT2D eigenvalue weighted by molar-refractivity contribution is -0.130. The van der Waals surface area contributed by atoms with Crippen molar-refractivity contribution in [3.63, 3.8) is 0 Å². The van der Waals surface area contributed by atoms with Crippen molar-refractivity contribution in [1.82, 2.24) is 20.4 Å². The van der Waals surface area contributed by atoms with Crippen LogP contribution in [-0.2, 0) is 4.79 Å². The zero-order chi connectivity index (χ0) is 21.6. The molecular formula is C24H26ClN5O. The van der Waals surface area contributed by atoms with E-state index in [0.29, 0.717) is 24.7 Å². The second-order valence-electron chi connectivity index (χ2n) is 7.64. The lowest BCUT2D eigenvalue weighted by atomic mass is 10.1. The Labute approximate surface area is 187 Å². The van der Waals surface area contributed by atoms with E-state index in [0.717, 1.165) is 30.2 Å². The maximum atomic E-state index is 12.6. The van der Waals surface area contributed by atoms with Gasteiger partial charge in [0, 0.05) is 37.8 Å². The molecule has 6 nitrogen and oxygen atoms in total. The van der Waals surface area contributed by atoms with E-state index in [1.807, 2.05) is 59.5 Å². The molecule has 1 unspecified atom stereocenters. The number of carbonyl (C=O) groups excluding carboxylic acids is 1. The average Bonchev–Trinajstić information content (AvgIpc) is 2.83. The van der Waals surface area contributed by atoms with Crippen molar-refractivity contribution in [3.8, 4) is 11.3 Å². The van der Waals surface area contributed by atoms with E-state index in [1.165, 1.54) is 5.56 Å². The first-order valence-electron chi connectivity index (χ1n) is 10.5. The molecule has 1 aliphatic rings. The Morgan fingerprint density at radius 1 is 0.968 bits per heavy atom. The average molecular weight is 436 g/mol. The van der Waals surface area contributed by atoms with Crippen molar-refractivity contribution in [2.75, 3.05) is 37.6 Å². The molecule has 1 fully saturated rings. The number of nitrogens with zero attached hydrogens (tertiary/aromatic N) is 4. The molecule has 0 aliphatic carbocycles. The summed E-state index contributed by atoms with van der Waals surface area (Å²) in [6, 6.07) is 21.8. The van der Waals surface area contributed by atoms with E-state index in [9.17, 15) is 4.79 Å². The van der Waals surface area contributed by atoms with E-state index in [2.05, 4.69) is 39.5 Å². The van der Waals surface area contributed by atoms with Crippen LogP contribution in [0.5, 0.6) is 0 Å². The predicted octanol–water partition coefficient (Wildman–Crippen LogP) is 3.80. The second kappa shape index (κ2) is 9.90. The summed E-state index contributed by atoms with van der Waals surface area (Å²) in [5.41, 5.74) is 2.80. The van der Waals surface area contributed by atoms with Crippen LogP contribution in [0.2, 0.25) is 5.02 Å². The predicted molar refractivity (Wildman–Crippen MR) is 124 cm³/mol. The van der Waals surface area contributed by atoms with Gasteiger partial charge in [-0.15, -0.1) is 10.2 Å². The maximum Gasteiger partial charge on any atom is 0.236 e. The SMILES string of the molecule is CC(NCC(=O)N1CCN(c2ccc(-c3ccccc3Cl)nn2)CC1)c1ccccc1. The van der Waals surface area contributed by atoms with Gasteiger partial charge in [-0.1, -0.05) is 60.1 Å². The zero-order valence-corrected chi connectivity index (χ0v) is 18.3. The minimum atomic E-state index is 0.127. The van der Waals surface area contributed by atoms with E-state index >= 15 is 0 Å². The Bertz CT molecular complexity index is 1000. The first kappa shape index (κ1) is 21.3. The van der Waals surface area contributed by atoms with Gasteiger partial charge in [0.25, 0.3) is 0 Å². The summed E-state index contributed by atoms with van der Waals surface area (Å²) in [4.78, 5) is 16.7. The van der Waals surface area contributed by atoms with Gasteiger partial charge >= 0.3 is 0 Å². The first-order valence-corrected chi connectivity index (χ1v) is 10.9. The number of hydrogen-bond donors (Lipinski definition) is 1. The molecule has 1 aliphatic heterocycles. The quantitative estimate of drug-likeness (QED) is 0.638. The van der Waals surface area contributed by atoms with Crippen LogP contribution in [0.4, 0.5) is 5.82 Å². The fraction of sp³-hybridized carbons (Fsp3) is 0.292. The largest absolute Gasteiger partial charge is 0.352 e. The molecule has 4 rings (SSSR count). The number of carbonyl (C=O) groups is 1. The van der Waals surface area contributed by atoms with Crippen LogP contribution in [0.3, 0.4) is 0 Å². The summed E-state index contributed by atoms with van der Waals surface area (Å²) < 4.78 is 0. The lowest BCUT2D eigenvalue weighted by Crippen LogP contribution is -2.51. The molecule has 0 spiro atoms. The highest BCUT2D eigenvalue weighted by Gasteiger charge is 2.22. The summed E-state index contributed by atoms with van der Waals surface area (Å²) in [5, 5.41) is 12.7. The van der Waals surface area contributed by atoms with Crippen molar-refractivity contribution in [2.24, 2.45) is 0 Å². The minimum absolute atomic E-state index is 0.127. The van der Waals surface area contributed by atoms with Gasteiger partial charge in [-0.3, -0.25) is 4.79 Å². The Balaban J connectivity index is 1.28. The molecule has 160 valence electrons. The Hall–Kier alpha value is -2.96. The van der Waals surface area contributed by atoms with Crippen molar-refractivity contribution < 1.29 is 4.79 Å². The number of rotatable bonds is 6. The number of anilines is 1. The highest BCUT2D eigenvalue weighted by Crippen LogP contribution is 2.26. The van der Waals surface area contributed by atoms with Gasteiger partial charge in [-0.2, -0.15) is 0 Å². The maximum absolute atomic E-state index is 12.6. The molecule has 1 N–H and O–H groups in total. The third-order valence-corrected chi connectivity index (χ3v) is 5.95. The van der Waals surface area contributed by atoms with Gasteiger partial charge < -0.3 is 15.1 Å². The monoisotopic (exact) mass is 435 g/mol. The molecule has 1 atom stereocenters. The standard InChI is InChI=1S/C24H26ClN5O/c1-18(19-7-3-2-4-8-19)26-17-24(31)30-15-13-29(14-16-30)23-12-11-22(27-28-23)20-9-5-6-10-21(20)25/h2-12,18,26H,13-17H2,1H3. The number of nitrogens with one attached hydrogen (secondary N) is 1. The second-order valence-corrected chi connectivity index (χ2v) is 8.04. The Kier molecular flexibility index (Phi) is 6.79. The van der Waals surface area contributed by atoms with Gasteiger partial charge in [0.05, 0.1) is 17.3 Å². The first-order chi connectivity index (χ1) is 15.1. The van der Waals surface area contributed by atoms with Crippen LogP contribution in [0.1, 0.15) is 18.5 Å². The summed E-state index contributed by atoms with van der Waals surface area (Å²) >= 11 is 6.25. The van der Waals surface area contributed by atoms with Crippen LogP contribution in [0, 0.1) is 0 Å². The van der Waals surface area contributed by atoms with Crippen LogP contribution in [0.15, 0.2) is 66.7 Å². The highest BCUT2D eigenvalue weighted by atomic mass is 35.5. The topological polar surface area (TPSA) is 61.4 Å². The highest BCUT2D eigenvalue weighted by molar-refractivity contribution is 6.33. The smallest absolute Gasteiger partial charge is 0.236 e. The van der Waals surface area contributed by atoms with Gasteiger partial charge in [0.2, 0.25) is 5.91 Å².